The van der Waals surface area contributed by atoms with Crippen LogP contribution in [0.2, 0.25) is 0 Å². The second-order valence-corrected chi connectivity index (χ2v) is 14.5. The number of unbranched alkanes of at least 4 members (excludes halogenated alkanes) is 17. The molecule has 2 atom stereocenters. The van der Waals surface area contributed by atoms with E-state index in [1.54, 1.807) is 0 Å². The fourth-order valence-electron chi connectivity index (χ4n) is 5.91. The number of likely N-dealkylation sites (tertiary alicyclic amines) is 1. The lowest BCUT2D eigenvalue weighted by molar-refractivity contribution is -0.0506. The van der Waals surface area contributed by atoms with Gasteiger partial charge in [0.1, 0.15) is 6.10 Å². The second kappa shape index (κ2) is 28.2. The quantitative estimate of drug-likeness (QED) is 0.0612. The van der Waals surface area contributed by atoms with Gasteiger partial charge < -0.3 is 19.3 Å². The van der Waals surface area contributed by atoms with Crippen LogP contribution in [0.1, 0.15) is 147 Å². The zero-order valence-electron chi connectivity index (χ0n) is 28.9. The summed E-state index contributed by atoms with van der Waals surface area (Å²) in [5.74, 6) is 0. The molecular formula is C37H68NO6P. The Labute approximate surface area is 276 Å². The average molecular weight is 654 g/mol. The molecule has 1 aromatic rings. The highest BCUT2D eigenvalue weighted by molar-refractivity contribution is 7.47. The normalized spacial score (nSPS) is 15.9. The molecule has 0 amide bonds. The van der Waals surface area contributed by atoms with Crippen molar-refractivity contribution >= 4 is 7.82 Å². The Morgan fingerprint density at radius 1 is 0.689 bits per heavy atom. The van der Waals surface area contributed by atoms with Gasteiger partial charge in [-0.15, -0.1) is 0 Å². The summed E-state index contributed by atoms with van der Waals surface area (Å²) in [6.07, 6.45) is 26.5. The van der Waals surface area contributed by atoms with Gasteiger partial charge in [-0.2, -0.15) is 0 Å². The maximum Gasteiger partial charge on any atom is 0.472 e. The van der Waals surface area contributed by atoms with Gasteiger partial charge in [-0.1, -0.05) is 134 Å². The zero-order valence-corrected chi connectivity index (χ0v) is 29.7. The van der Waals surface area contributed by atoms with E-state index in [0.717, 1.165) is 37.8 Å². The molecule has 1 heterocycles. The van der Waals surface area contributed by atoms with Crippen molar-refractivity contribution in [2.45, 2.75) is 154 Å². The van der Waals surface area contributed by atoms with Gasteiger partial charge in [0.05, 0.1) is 26.4 Å². The molecular weight excluding hydrogens is 585 g/mol. The van der Waals surface area contributed by atoms with Crippen molar-refractivity contribution in [1.29, 1.82) is 0 Å². The van der Waals surface area contributed by atoms with E-state index < -0.39 is 13.9 Å². The van der Waals surface area contributed by atoms with E-state index in [-0.39, 0.29) is 13.2 Å². The van der Waals surface area contributed by atoms with Crippen LogP contribution >= 0.6 is 7.82 Å². The molecule has 262 valence electrons. The molecule has 1 saturated heterocycles. The summed E-state index contributed by atoms with van der Waals surface area (Å²) in [5.41, 5.74) is 1.04. The van der Waals surface area contributed by atoms with Crippen LogP contribution in [0.4, 0.5) is 0 Å². The first-order valence-corrected chi connectivity index (χ1v) is 20.2. The van der Waals surface area contributed by atoms with Crippen LogP contribution in [0.3, 0.4) is 0 Å². The summed E-state index contributed by atoms with van der Waals surface area (Å²) < 4.78 is 35.0. The van der Waals surface area contributed by atoms with Gasteiger partial charge in [0.15, 0.2) is 0 Å². The van der Waals surface area contributed by atoms with Crippen LogP contribution in [-0.2, 0) is 29.7 Å². The molecule has 0 aromatic heterocycles. The molecule has 1 fully saturated rings. The molecule has 0 aliphatic carbocycles. The molecule has 45 heavy (non-hydrogen) atoms. The number of nitrogens with zero attached hydrogens (tertiary/aromatic N) is 1. The molecule has 0 bridgehead atoms. The molecule has 1 aliphatic heterocycles. The second-order valence-electron chi connectivity index (χ2n) is 13.0. The third-order valence-corrected chi connectivity index (χ3v) is 9.75. The third-order valence-electron chi connectivity index (χ3n) is 8.77. The van der Waals surface area contributed by atoms with E-state index in [4.69, 9.17) is 18.5 Å². The summed E-state index contributed by atoms with van der Waals surface area (Å²) in [7, 11) is -4.14. The number of phosphoric acid groups is 1. The highest BCUT2D eigenvalue weighted by Gasteiger charge is 2.24. The monoisotopic (exact) mass is 653 g/mol. The molecule has 1 aliphatic rings. The Balaban J connectivity index is 1.49. The first kappa shape index (κ1) is 40.4. The predicted molar refractivity (Wildman–Crippen MR) is 187 cm³/mol. The number of rotatable bonds is 32. The van der Waals surface area contributed by atoms with Crippen molar-refractivity contribution in [3.63, 3.8) is 0 Å². The highest BCUT2D eigenvalue weighted by Crippen LogP contribution is 2.43. The van der Waals surface area contributed by atoms with Gasteiger partial charge in [-0.25, -0.2) is 4.57 Å². The number of benzene rings is 1. The van der Waals surface area contributed by atoms with E-state index in [2.05, 4.69) is 11.8 Å². The van der Waals surface area contributed by atoms with Crippen LogP contribution in [0.15, 0.2) is 30.3 Å². The Bertz CT molecular complexity index is 822. The van der Waals surface area contributed by atoms with Crippen molar-refractivity contribution in [2.24, 2.45) is 0 Å². The van der Waals surface area contributed by atoms with Crippen LogP contribution in [-0.4, -0.2) is 62.0 Å². The van der Waals surface area contributed by atoms with Crippen molar-refractivity contribution in [3.05, 3.63) is 35.9 Å². The average Bonchev–Trinajstić information content (AvgIpc) is 3.57. The number of hydrogen-bond donors (Lipinski definition) is 1. The Kier molecular flexibility index (Phi) is 25.3. The standard InChI is InChI=1S/C37H68NO6P/c1-2-3-4-5-6-7-8-9-10-11-12-13-14-15-16-24-31-41-34-37(42-33-36-26-19-17-20-27-36)35-44-45(39,40)43-32-25-18-21-28-38-29-22-23-30-38/h17,19-20,26-27,37H,2-16,18,21-25,28-35H2,1H3,(H,39,40). The van der Waals surface area contributed by atoms with E-state index in [9.17, 15) is 9.46 Å². The maximum absolute atomic E-state index is 12.5. The fourth-order valence-corrected chi connectivity index (χ4v) is 6.70. The number of phosphoric ester groups is 1. The van der Waals surface area contributed by atoms with Gasteiger partial charge in [0, 0.05) is 6.61 Å². The molecule has 7 nitrogen and oxygen atoms in total. The van der Waals surface area contributed by atoms with Gasteiger partial charge in [-0.05, 0) is 63.7 Å². The first-order chi connectivity index (χ1) is 22.1. The lowest BCUT2D eigenvalue weighted by atomic mass is 10.0. The maximum atomic E-state index is 12.5. The molecule has 0 radical (unpaired) electrons. The summed E-state index contributed by atoms with van der Waals surface area (Å²) in [6, 6.07) is 9.91. The minimum absolute atomic E-state index is 0.0471. The Morgan fingerprint density at radius 3 is 1.82 bits per heavy atom. The van der Waals surface area contributed by atoms with Crippen molar-refractivity contribution in [1.82, 2.24) is 4.90 Å². The van der Waals surface area contributed by atoms with Crippen molar-refractivity contribution < 1.29 is 28.0 Å². The predicted octanol–water partition coefficient (Wildman–Crippen LogP) is 10.2. The summed E-state index contributed by atoms with van der Waals surface area (Å²) in [4.78, 5) is 12.7. The highest BCUT2D eigenvalue weighted by atomic mass is 31.2. The van der Waals surface area contributed by atoms with E-state index in [1.807, 2.05) is 30.3 Å². The SMILES string of the molecule is CCCCCCCCCCCCCCCCCCOCC(COP(=O)(O)OCCCCCN1CCCC1)OCc1ccccc1. The Hall–Kier alpha value is -0.790. The van der Waals surface area contributed by atoms with E-state index >= 15 is 0 Å². The van der Waals surface area contributed by atoms with Crippen LogP contribution in [0.5, 0.6) is 0 Å². The molecule has 0 spiro atoms. The van der Waals surface area contributed by atoms with Crippen LogP contribution in [0, 0.1) is 0 Å². The topological polar surface area (TPSA) is 77.5 Å². The summed E-state index contributed by atoms with van der Waals surface area (Å²) >= 11 is 0. The smallest absolute Gasteiger partial charge is 0.379 e. The third kappa shape index (κ3) is 24.1. The molecule has 8 heteroatoms. The van der Waals surface area contributed by atoms with Crippen LogP contribution in [0.25, 0.3) is 0 Å². The first-order valence-electron chi connectivity index (χ1n) is 18.7. The molecule has 1 N–H and O–H groups in total. The largest absolute Gasteiger partial charge is 0.472 e. The minimum atomic E-state index is -4.14. The van der Waals surface area contributed by atoms with Crippen molar-refractivity contribution in [3.8, 4) is 0 Å². The molecule has 2 rings (SSSR count). The van der Waals surface area contributed by atoms with Crippen LogP contribution < -0.4 is 0 Å². The lowest BCUT2D eigenvalue weighted by Gasteiger charge is -2.20. The van der Waals surface area contributed by atoms with E-state index in [1.165, 1.54) is 122 Å². The number of hydrogen-bond acceptors (Lipinski definition) is 6. The zero-order chi connectivity index (χ0) is 32.1. The van der Waals surface area contributed by atoms with Gasteiger partial charge >= 0.3 is 7.82 Å². The van der Waals surface area contributed by atoms with Gasteiger partial charge in [0.2, 0.25) is 0 Å². The lowest BCUT2D eigenvalue weighted by Crippen LogP contribution is -2.25. The number of ether oxygens (including phenoxy) is 2. The van der Waals surface area contributed by atoms with Gasteiger partial charge in [0.25, 0.3) is 0 Å². The molecule has 2 unspecified atom stereocenters. The fraction of sp³-hybridized carbons (Fsp3) is 0.838. The molecule has 0 saturated carbocycles. The van der Waals surface area contributed by atoms with Crippen molar-refractivity contribution in [2.75, 3.05) is 46.1 Å². The van der Waals surface area contributed by atoms with Gasteiger partial charge in [-0.3, -0.25) is 9.05 Å². The Morgan fingerprint density at radius 2 is 1.22 bits per heavy atom. The molecule has 1 aromatic carbocycles. The summed E-state index contributed by atoms with van der Waals surface area (Å²) in [6.45, 7) is 7.34. The summed E-state index contributed by atoms with van der Waals surface area (Å²) in [5, 5.41) is 0. The van der Waals surface area contributed by atoms with E-state index in [0.29, 0.717) is 19.8 Å². The minimum Gasteiger partial charge on any atom is -0.379 e.